The summed E-state index contributed by atoms with van der Waals surface area (Å²) in [6.45, 7) is 4.27. The van der Waals surface area contributed by atoms with E-state index in [9.17, 15) is 0 Å². The van der Waals surface area contributed by atoms with Crippen LogP contribution in [0.1, 0.15) is 25.3 Å². The van der Waals surface area contributed by atoms with Crippen molar-refractivity contribution in [3.8, 4) is 5.69 Å². The van der Waals surface area contributed by atoms with E-state index in [2.05, 4.69) is 25.0 Å². The molecule has 0 saturated heterocycles. The van der Waals surface area contributed by atoms with Gasteiger partial charge in [0.05, 0.1) is 5.69 Å². The third-order valence-electron chi connectivity index (χ3n) is 2.37. The highest BCUT2D eigenvalue weighted by Gasteiger charge is 2.06. The molecule has 3 heteroatoms. The molecule has 15 heavy (non-hydrogen) atoms. The zero-order chi connectivity index (χ0) is 10.8. The minimum atomic E-state index is 0.448. The van der Waals surface area contributed by atoms with Crippen LogP contribution in [0, 0.1) is 0 Å². The third kappa shape index (κ3) is 2.05. The van der Waals surface area contributed by atoms with Crippen molar-refractivity contribution in [1.29, 1.82) is 0 Å². The smallest absolute Gasteiger partial charge is 0.0660 e. The molecule has 0 amide bonds. The van der Waals surface area contributed by atoms with Crippen molar-refractivity contribution in [3.05, 3.63) is 47.2 Å². The maximum absolute atomic E-state index is 6.20. The fraction of sp³-hybridized carbons (Fsp3) is 0.250. The molecule has 0 saturated carbocycles. The molecule has 2 rings (SSSR count). The van der Waals surface area contributed by atoms with E-state index in [4.69, 9.17) is 11.6 Å². The van der Waals surface area contributed by atoms with Crippen molar-refractivity contribution < 1.29 is 0 Å². The molecule has 0 unspecified atom stereocenters. The molecule has 1 aromatic heterocycles. The van der Waals surface area contributed by atoms with Gasteiger partial charge in [-0.3, -0.25) is 0 Å². The Labute approximate surface area is 94.5 Å². The molecule has 0 aliphatic heterocycles. The van der Waals surface area contributed by atoms with Crippen LogP contribution in [0.2, 0.25) is 5.02 Å². The summed E-state index contributed by atoms with van der Waals surface area (Å²) < 4.78 is 1.80. The van der Waals surface area contributed by atoms with Gasteiger partial charge in [0.15, 0.2) is 0 Å². The molecular formula is C12H13ClN2. The fourth-order valence-corrected chi connectivity index (χ4v) is 1.94. The van der Waals surface area contributed by atoms with Gasteiger partial charge in [0, 0.05) is 17.4 Å². The molecule has 1 aromatic carbocycles. The normalized spacial score (nSPS) is 10.9. The molecule has 2 aromatic rings. The van der Waals surface area contributed by atoms with Gasteiger partial charge in [-0.15, -0.1) is 0 Å². The lowest BCUT2D eigenvalue weighted by Gasteiger charge is -2.09. The number of aromatic nitrogens is 2. The van der Waals surface area contributed by atoms with Crippen molar-refractivity contribution in [2.45, 2.75) is 19.8 Å². The number of hydrogen-bond acceptors (Lipinski definition) is 1. The molecular weight excluding hydrogens is 208 g/mol. The Bertz CT molecular complexity index is 447. The second-order valence-corrected chi connectivity index (χ2v) is 4.22. The van der Waals surface area contributed by atoms with E-state index in [1.165, 1.54) is 5.56 Å². The maximum atomic E-state index is 6.20. The zero-order valence-electron chi connectivity index (χ0n) is 8.81. The summed E-state index contributed by atoms with van der Waals surface area (Å²) in [7, 11) is 0. The van der Waals surface area contributed by atoms with E-state index in [1.807, 2.05) is 24.4 Å². The van der Waals surface area contributed by atoms with Crippen LogP contribution in [-0.2, 0) is 0 Å². The Morgan fingerprint density at radius 2 is 2.13 bits per heavy atom. The largest absolute Gasteiger partial charge is 0.241 e. The first kappa shape index (κ1) is 10.2. The van der Waals surface area contributed by atoms with E-state index in [0.717, 1.165) is 10.7 Å². The average Bonchev–Trinajstić information content (AvgIpc) is 2.69. The van der Waals surface area contributed by atoms with Crippen molar-refractivity contribution in [3.63, 3.8) is 0 Å². The second-order valence-electron chi connectivity index (χ2n) is 3.81. The summed E-state index contributed by atoms with van der Waals surface area (Å²) in [6, 6.07) is 7.94. The summed E-state index contributed by atoms with van der Waals surface area (Å²) >= 11 is 6.20. The van der Waals surface area contributed by atoms with Crippen molar-refractivity contribution in [2.75, 3.05) is 0 Å². The van der Waals surface area contributed by atoms with Gasteiger partial charge >= 0.3 is 0 Å². The van der Waals surface area contributed by atoms with Crippen LogP contribution in [0.4, 0.5) is 0 Å². The first-order valence-corrected chi connectivity index (χ1v) is 5.36. The second kappa shape index (κ2) is 4.07. The van der Waals surface area contributed by atoms with Gasteiger partial charge in [0.25, 0.3) is 0 Å². The van der Waals surface area contributed by atoms with Crippen LogP contribution in [0.15, 0.2) is 36.7 Å². The summed E-state index contributed by atoms with van der Waals surface area (Å²) in [5.41, 5.74) is 2.17. The Kier molecular flexibility index (Phi) is 2.78. The van der Waals surface area contributed by atoms with Gasteiger partial charge in [-0.25, -0.2) is 4.68 Å². The number of nitrogens with zero attached hydrogens (tertiary/aromatic N) is 2. The minimum Gasteiger partial charge on any atom is -0.241 e. The highest BCUT2D eigenvalue weighted by molar-refractivity contribution is 6.31. The molecule has 1 heterocycles. The highest BCUT2D eigenvalue weighted by atomic mass is 35.5. The van der Waals surface area contributed by atoms with E-state index < -0.39 is 0 Å². The zero-order valence-corrected chi connectivity index (χ0v) is 9.57. The van der Waals surface area contributed by atoms with Gasteiger partial charge in [-0.1, -0.05) is 31.5 Å². The standard InChI is InChI=1S/C12H13ClN2/c1-9(2)11-5-4-10(8-12(11)13)15-7-3-6-14-15/h3-9H,1-2H3. The monoisotopic (exact) mass is 220 g/mol. The summed E-state index contributed by atoms with van der Waals surface area (Å²) in [5, 5.41) is 4.96. The van der Waals surface area contributed by atoms with E-state index in [-0.39, 0.29) is 0 Å². The Morgan fingerprint density at radius 1 is 1.33 bits per heavy atom. The Morgan fingerprint density at radius 3 is 2.67 bits per heavy atom. The summed E-state index contributed by atoms with van der Waals surface area (Å²) in [5.74, 6) is 0.448. The van der Waals surface area contributed by atoms with Crippen LogP contribution in [0.5, 0.6) is 0 Å². The first-order chi connectivity index (χ1) is 7.18. The number of halogens is 1. The lowest BCUT2D eigenvalue weighted by Crippen LogP contribution is -1.96. The molecule has 0 N–H and O–H groups in total. The fourth-order valence-electron chi connectivity index (χ4n) is 1.55. The molecule has 0 radical (unpaired) electrons. The van der Waals surface area contributed by atoms with Crippen LogP contribution in [0.3, 0.4) is 0 Å². The highest BCUT2D eigenvalue weighted by Crippen LogP contribution is 2.26. The van der Waals surface area contributed by atoms with Crippen LogP contribution in [-0.4, -0.2) is 9.78 Å². The van der Waals surface area contributed by atoms with Gasteiger partial charge in [-0.2, -0.15) is 5.10 Å². The third-order valence-corrected chi connectivity index (χ3v) is 2.70. The lowest BCUT2D eigenvalue weighted by molar-refractivity contribution is 0.854. The Balaban J connectivity index is 2.42. The molecule has 0 aliphatic rings. The molecule has 0 aliphatic carbocycles. The van der Waals surface area contributed by atoms with Gasteiger partial charge in [0.2, 0.25) is 0 Å². The predicted octanol–water partition coefficient (Wildman–Crippen LogP) is 3.65. The molecule has 0 spiro atoms. The SMILES string of the molecule is CC(C)c1ccc(-n2cccn2)cc1Cl. The lowest BCUT2D eigenvalue weighted by atomic mass is 10.0. The first-order valence-electron chi connectivity index (χ1n) is 4.98. The topological polar surface area (TPSA) is 17.8 Å². The Hall–Kier alpha value is -1.28. The summed E-state index contributed by atoms with van der Waals surface area (Å²) in [4.78, 5) is 0. The molecule has 0 fully saturated rings. The van der Waals surface area contributed by atoms with Gasteiger partial charge < -0.3 is 0 Å². The van der Waals surface area contributed by atoms with E-state index >= 15 is 0 Å². The predicted molar refractivity (Wildman–Crippen MR) is 62.7 cm³/mol. The van der Waals surface area contributed by atoms with Crippen LogP contribution < -0.4 is 0 Å². The maximum Gasteiger partial charge on any atom is 0.0660 e. The molecule has 0 bridgehead atoms. The van der Waals surface area contributed by atoms with Crippen LogP contribution >= 0.6 is 11.6 Å². The van der Waals surface area contributed by atoms with Crippen LogP contribution in [0.25, 0.3) is 5.69 Å². The molecule has 0 atom stereocenters. The van der Waals surface area contributed by atoms with Crippen molar-refractivity contribution in [1.82, 2.24) is 9.78 Å². The molecule has 78 valence electrons. The minimum absolute atomic E-state index is 0.448. The number of hydrogen-bond donors (Lipinski definition) is 0. The summed E-state index contributed by atoms with van der Waals surface area (Å²) in [6.07, 6.45) is 3.66. The van der Waals surface area contributed by atoms with E-state index in [1.54, 1.807) is 10.9 Å². The molecule has 2 nitrogen and oxygen atoms in total. The van der Waals surface area contributed by atoms with Crippen molar-refractivity contribution in [2.24, 2.45) is 0 Å². The van der Waals surface area contributed by atoms with Gasteiger partial charge in [0.1, 0.15) is 0 Å². The van der Waals surface area contributed by atoms with Crippen molar-refractivity contribution >= 4 is 11.6 Å². The van der Waals surface area contributed by atoms with E-state index in [0.29, 0.717) is 5.92 Å². The quantitative estimate of drug-likeness (QED) is 0.756. The average molecular weight is 221 g/mol. The number of benzene rings is 1. The number of rotatable bonds is 2. The van der Waals surface area contributed by atoms with Gasteiger partial charge in [-0.05, 0) is 29.7 Å².